The van der Waals surface area contributed by atoms with E-state index in [1.54, 1.807) is 11.9 Å². The molecule has 0 bridgehead atoms. The lowest BCUT2D eigenvalue weighted by atomic mass is 10.1. The molecule has 0 heterocycles. The van der Waals surface area contributed by atoms with Crippen molar-refractivity contribution in [3.05, 3.63) is 34.3 Å². The van der Waals surface area contributed by atoms with Crippen LogP contribution in [-0.2, 0) is 4.74 Å². The normalized spacial score (nSPS) is 13.0. The zero-order chi connectivity index (χ0) is 13.9. The van der Waals surface area contributed by atoms with Crippen molar-refractivity contribution in [2.24, 2.45) is 0 Å². The van der Waals surface area contributed by atoms with Crippen LogP contribution in [0.1, 0.15) is 39.3 Å². The molecule has 0 N–H and O–H groups in total. The van der Waals surface area contributed by atoms with Crippen LogP contribution < -0.4 is 0 Å². The quantitative estimate of drug-likeness (QED) is 0.811. The molecule has 1 amide bonds. The fourth-order valence-corrected chi connectivity index (χ4v) is 1.90. The summed E-state index contributed by atoms with van der Waals surface area (Å²) in [6.45, 7) is 7.57. The van der Waals surface area contributed by atoms with E-state index < -0.39 is 5.60 Å². The third-order valence-corrected chi connectivity index (χ3v) is 3.09. The summed E-state index contributed by atoms with van der Waals surface area (Å²) in [5.74, 6) is 0. The van der Waals surface area contributed by atoms with Crippen molar-refractivity contribution < 1.29 is 9.53 Å². The van der Waals surface area contributed by atoms with Gasteiger partial charge in [0.25, 0.3) is 0 Å². The molecule has 1 aromatic rings. The van der Waals surface area contributed by atoms with E-state index in [4.69, 9.17) is 4.74 Å². The molecule has 0 radical (unpaired) electrons. The van der Waals surface area contributed by atoms with E-state index in [2.05, 4.69) is 15.9 Å². The number of amides is 1. The first-order valence-corrected chi connectivity index (χ1v) is 6.71. The van der Waals surface area contributed by atoms with E-state index in [1.807, 2.05) is 52.0 Å². The summed E-state index contributed by atoms with van der Waals surface area (Å²) in [5.41, 5.74) is 0.597. The highest BCUT2D eigenvalue weighted by Gasteiger charge is 2.23. The molecule has 0 aliphatic rings. The summed E-state index contributed by atoms with van der Waals surface area (Å²) in [6.07, 6.45) is -0.310. The molecule has 3 nitrogen and oxygen atoms in total. The lowest BCUT2D eigenvalue weighted by molar-refractivity contribution is 0.0234. The maximum absolute atomic E-state index is 12.0. The molecule has 0 unspecified atom stereocenters. The van der Waals surface area contributed by atoms with Gasteiger partial charge < -0.3 is 9.64 Å². The smallest absolute Gasteiger partial charge is 0.410 e. The first-order chi connectivity index (χ1) is 8.20. The molecule has 0 aliphatic carbocycles. The lowest BCUT2D eigenvalue weighted by Gasteiger charge is -2.29. The van der Waals surface area contributed by atoms with Crippen molar-refractivity contribution in [2.45, 2.75) is 39.3 Å². The predicted molar refractivity (Wildman–Crippen MR) is 76.6 cm³/mol. The average molecular weight is 314 g/mol. The van der Waals surface area contributed by atoms with Crippen molar-refractivity contribution in [1.29, 1.82) is 0 Å². The van der Waals surface area contributed by atoms with Gasteiger partial charge in [-0.2, -0.15) is 0 Å². The molecule has 0 aliphatic heterocycles. The largest absolute Gasteiger partial charge is 0.444 e. The number of carbonyl (C=O) groups is 1. The van der Waals surface area contributed by atoms with Crippen LogP contribution in [0.15, 0.2) is 28.7 Å². The molecule has 18 heavy (non-hydrogen) atoms. The Kier molecular flexibility index (Phi) is 4.79. The van der Waals surface area contributed by atoms with E-state index in [-0.39, 0.29) is 12.1 Å². The Labute approximate surface area is 117 Å². The highest BCUT2D eigenvalue weighted by atomic mass is 79.9. The fraction of sp³-hybridized carbons (Fsp3) is 0.500. The molecule has 1 aromatic carbocycles. The Morgan fingerprint density at radius 2 is 2.00 bits per heavy atom. The van der Waals surface area contributed by atoms with Crippen LogP contribution in [0.4, 0.5) is 4.79 Å². The van der Waals surface area contributed by atoms with Crippen molar-refractivity contribution in [1.82, 2.24) is 4.90 Å². The van der Waals surface area contributed by atoms with Gasteiger partial charge in [0.05, 0.1) is 6.04 Å². The minimum atomic E-state index is -0.470. The Bertz CT molecular complexity index is 426. The predicted octanol–water partition coefficient (Wildman–Crippen LogP) is 4.38. The maximum Gasteiger partial charge on any atom is 0.410 e. The molecular weight excluding hydrogens is 294 g/mol. The number of hydrogen-bond donors (Lipinski definition) is 0. The zero-order valence-electron chi connectivity index (χ0n) is 11.5. The van der Waals surface area contributed by atoms with Crippen molar-refractivity contribution in [3.8, 4) is 0 Å². The monoisotopic (exact) mass is 313 g/mol. The number of nitrogens with zero attached hydrogens (tertiary/aromatic N) is 1. The van der Waals surface area contributed by atoms with E-state index in [0.29, 0.717) is 0 Å². The van der Waals surface area contributed by atoms with Crippen LogP contribution >= 0.6 is 15.9 Å². The van der Waals surface area contributed by atoms with Gasteiger partial charge in [0.2, 0.25) is 0 Å². The van der Waals surface area contributed by atoms with Gasteiger partial charge in [0.15, 0.2) is 0 Å². The van der Waals surface area contributed by atoms with Gasteiger partial charge >= 0.3 is 6.09 Å². The first-order valence-electron chi connectivity index (χ1n) is 5.92. The van der Waals surface area contributed by atoms with Gasteiger partial charge in [-0.1, -0.05) is 28.1 Å². The molecule has 0 fully saturated rings. The van der Waals surface area contributed by atoms with E-state index in [1.165, 1.54) is 0 Å². The summed E-state index contributed by atoms with van der Waals surface area (Å²) in [5, 5.41) is 0. The highest BCUT2D eigenvalue weighted by molar-refractivity contribution is 9.10. The maximum atomic E-state index is 12.0. The van der Waals surface area contributed by atoms with Gasteiger partial charge in [0.1, 0.15) is 5.60 Å². The number of benzene rings is 1. The number of rotatable bonds is 2. The second-order valence-electron chi connectivity index (χ2n) is 5.32. The Morgan fingerprint density at radius 1 is 1.39 bits per heavy atom. The average Bonchev–Trinajstić information content (AvgIpc) is 2.24. The van der Waals surface area contributed by atoms with E-state index >= 15 is 0 Å². The van der Waals surface area contributed by atoms with Crippen LogP contribution in [0.3, 0.4) is 0 Å². The SMILES string of the molecule is C[C@H](c1cccc(Br)c1)N(C)C(=O)OC(C)(C)C. The minimum Gasteiger partial charge on any atom is -0.444 e. The second kappa shape index (κ2) is 5.74. The summed E-state index contributed by atoms with van der Waals surface area (Å²) in [4.78, 5) is 13.6. The number of ether oxygens (including phenoxy) is 1. The molecule has 1 atom stereocenters. The Morgan fingerprint density at radius 3 is 2.50 bits per heavy atom. The second-order valence-corrected chi connectivity index (χ2v) is 6.24. The first kappa shape index (κ1) is 15.0. The highest BCUT2D eigenvalue weighted by Crippen LogP contribution is 2.23. The zero-order valence-corrected chi connectivity index (χ0v) is 13.1. The summed E-state index contributed by atoms with van der Waals surface area (Å²) >= 11 is 3.43. The molecule has 0 spiro atoms. The summed E-state index contributed by atoms with van der Waals surface area (Å²) in [7, 11) is 1.75. The van der Waals surface area contributed by atoms with Gasteiger partial charge in [-0.3, -0.25) is 0 Å². The topological polar surface area (TPSA) is 29.5 Å². The van der Waals surface area contributed by atoms with Crippen LogP contribution in [0.25, 0.3) is 0 Å². The minimum absolute atomic E-state index is 0.0302. The van der Waals surface area contributed by atoms with Crippen LogP contribution in [0.2, 0.25) is 0 Å². The molecule has 0 aromatic heterocycles. The van der Waals surface area contributed by atoms with Gasteiger partial charge in [-0.25, -0.2) is 4.79 Å². The van der Waals surface area contributed by atoms with Crippen LogP contribution in [0, 0.1) is 0 Å². The number of hydrogen-bond acceptors (Lipinski definition) is 2. The van der Waals surface area contributed by atoms with Gasteiger partial charge in [0, 0.05) is 11.5 Å². The molecule has 4 heteroatoms. The molecular formula is C14H20BrNO2. The molecule has 1 rings (SSSR count). The standard InChI is InChI=1S/C14H20BrNO2/c1-10(11-7-6-8-12(15)9-11)16(5)13(17)18-14(2,3)4/h6-10H,1-5H3/t10-/m1/s1. The third-order valence-electron chi connectivity index (χ3n) is 2.59. The fourth-order valence-electron chi connectivity index (χ4n) is 1.48. The van der Waals surface area contributed by atoms with Crippen molar-refractivity contribution in [2.75, 3.05) is 7.05 Å². The van der Waals surface area contributed by atoms with Crippen molar-refractivity contribution in [3.63, 3.8) is 0 Å². The van der Waals surface area contributed by atoms with E-state index in [9.17, 15) is 4.79 Å². The molecule has 0 saturated heterocycles. The van der Waals surface area contributed by atoms with Gasteiger partial charge in [-0.05, 0) is 45.4 Å². The number of halogens is 1. The molecule has 0 saturated carbocycles. The van der Waals surface area contributed by atoms with E-state index in [0.717, 1.165) is 10.0 Å². The third kappa shape index (κ3) is 4.33. The summed E-state index contributed by atoms with van der Waals surface area (Å²) < 4.78 is 6.35. The Balaban J connectivity index is 2.78. The van der Waals surface area contributed by atoms with Crippen molar-refractivity contribution >= 4 is 22.0 Å². The summed E-state index contributed by atoms with van der Waals surface area (Å²) in [6, 6.07) is 7.89. The molecule has 100 valence electrons. The Hall–Kier alpha value is -1.03. The van der Waals surface area contributed by atoms with Gasteiger partial charge in [-0.15, -0.1) is 0 Å². The lowest BCUT2D eigenvalue weighted by Crippen LogP contribution is -2.35. The van der Waals surface area contributed by atoms with Crippen LogP contribution in [0.5, 0.6) is 0 Å². The van der Waals surface area contributed by atoms with Crippen LogP contribution in [-0.4, -0.2) is 23.6 Å². The number of carbonyl (C=O) groups excluding carboxylic acids is 1.